The lowest BCUT2D eigenvalue weighted by Gasteiger charge is -2.31. The minimum atomic E-state index is -0.119. The van der Waals surface area contributed by atoms with Gasteiger partial charge in [0.15, 0.2) is 11.5 Å². The molecule has 0 spiro atoms. The molecular formula is C19H23N3O5S. The van der Waals surface area contributed by atoms with Crippen LogP contribution in [0.15, 0.2) is 18.2 Å². The Labute approximate surface area is 167 Å². The zero-order chi connectivity index (χ0) is 19.5. The van der Waals surface area contributed by atoms with Crippen LogP contribution in [0.25, 0.3) is 0 Å². The van der Waals surface area contributed by atoms with Crippen LogP contribution in [-0.2, 0) is 9.59 Å². The molecule has 2 saturated heterocycles. The summed E-state index contributed by atoms with van der Waals surface area (Å²) in [4.78, 5) is 40.1. The van der Waals surface area contributed by atoms with Crippen LogP contribution in [0, 0.1) is 5.92 Å². The molecule has 3 aliphatic heterocycles. The van der Waals surface area contributed by atoms with E-state index in [1.165, 1.54) is 11.8 Å². The highest BCUT2D eigenvalue weighted by Crippen LogP contribution is 2.34. The van der Waals surface area contributed by atoms with Crippen LogP contribution in [-0.4, -0.2) is 65.6 Å². The number of rotatable bonds is 5. The average molecular weight is 405 g/mol. The standard InChI is InChI=1S/C19H23N3O5S/c23-17(5-8-22-9-10-28-19(22)25)21-6-3-13(4-7-21)18(24)20-14-1-2-15-16(11-14)27-12-26-15/h1-2,11,13H,3-10,12H2,(H,20,24). The monoisotopic (exact) mass is 405 g/mol. The number of carbonyl (C=O) groups is 3. The summed E-state index contributed by atoms with van der Waals surface area (Å²) < 4.78 is 10.6. The Bertz CT molecular complexity index is 779. The fourth-order valence-electron chi connectivity index (χ4n) is 3.63. The molecule has 0 saturated carbocycles. The summed E-state index contributed by atoms with van der Waals surface area (Å²) in [5, 5.41) is 2.99. The number of nitrogens with one attached hydrogen (secondary N) is 1. The fraction of sp³-hybridized carbons (Fsp3) is 0.526. The number of hydrogen-bond acceptors (Lipinski definition) is 6. The number of ether oxygens (including phenoxy) is 2. The van der Waals surface area contributed by atoms with Gasteiger partial charge in [-0.3, -0.25) is 14.4 Å². The predicted molar refractivity (Wildman–Crippen MR) is 105 cm³/mol. The van der Waals surface area contributed by atoms with Gasteiger partial charge in [-0.05, 0) is 25.0 Å². The summed E-state index contributed by atoms with van der Waals surface area (Å²) in [6.07, 6.45) is 1.63. The van der Waals surface area contributed by atoms with E-state index in [1.807, 2.05) is 0 Å². The van der Waals surface area contributed by atoms with Crippen molar-refractivity contribution in [1.82, 2.24) is 9.80 Å². The van der Waals surface area contributed by atoms with E-state index < -0.39 is 0 Å². The highest BCUT2D eigenvalue weighted by atomic mass is 32.2. The third-order valence-electron chi connectivity index (χ3n) is 5.30. The van der Waals surface area contributed by atoms with Crippen LogP contribution in [0.1, 0.15) is 19.3 Å². The number of amides is 3. The molecule has 1 aromatic carbocycles. The first-order valence-corrected chi connectivity index (χ1v) is 10.5. The molecule has 4 rings (SSSR count). The Balaban J connectivity index is 1.22. The minimum absolute atomic E-state index is 0.0364. The summed E-state index contributed by atoms with van der Waals surface area (Å²) in [5.74, 6) is 2.01. The van der Waals surface area contributed by atoms with Gasteiger partial charge in [0.1, 0.15) is 0 Å². The molecule has 1 aromatic rings. The summed E-state index contributed by atoms with van der Waals surface area (Å²) in [7, 11) is 0. The summed E-state index contributed by atoms with van der Waals surface area (Å²) in [6, 6.07) is 5.33. The normalized spacial score (nSPS) is 19.2. The van der Waals surface area contributed by atoms with Crippen LogP contribution < -0.4 is 14.8 Å². The third kappa shape index (κ3) is 4.19. The number of benzene rings is 1. The number of nitrogens with zero attached hydrogens (tertiary/aromatic N) is 2. The number of piperidine rings is 1. The van der Waals surface area contributed by atoms with E-state index >= 15 is 0 Å². The van der Waals surface area contributed by atoms with E-state index in [4.69, 9.17) is 9.47 Å². The molecule has 0 aliphatic carbocycles. The third-order valence-corrected chi connectivity index (χ3v) is 6.19. The van der Waals surface area contributed by atoms with Gasteiger partial charge in [0.2, 0.25) is 18.6 Å². The average Bonchev–Trinajstić information content (AvgIpc) is 3.34. The number of carbonyl (C=O) groups excluding carboxylic acids is 3. The molecule has 150 valence electrons. The van der Waals surface area contributed by atoms with Gasteiger partial charge in [-0.1, -0.05) is 11.8 Å². The van der Waals surface area contributed by atoms with E-state index in [2.05, 4.69) is 5.32 Å². The van der Waals surface area contributed by atoms with Crippen LogP contribution in [0.2, 0.25) is 0 Å². The summed E-state index contributed by atoms with van der Waals surface area (Å²) in [5.41, 5.74) is 0.681. The van der Waals surface area contributed by atoms with Gasteiger partial charge in [0.25, 0.3) is 5.24 Å². The molecule has 2 fully saturated rings. The number of hydrogen-bond donors (Lipinski definition) is 1. The van der Waals surface area contributed by atoms with Crippen molar-refractivity contribution in [2.45, 2.75) is 19.3 Å². The Morgan fingerprint density at radius 1 is 1.14 bits per heavy atom. The second-order valence-electron chi connectivity index (χ2n) is 7.06. The van der Waals surface area contributed by atoms with E-state index in [0.29, 0.717) is 56.1 Å². The zero-order valence-corrected chi connectivity index (χ0v) is 16.3. The fourth-order valence-corrected chi connectivity index (χ4v) is 4.48. The Morgan fingerprint density at radius 3 is 2.68 bits per heavy atom. The molecule has 9 heteroatoms. The van der Waals surface area contributed by atoms with Crippen molar-refractivity contribution in [3.63, 3.8) is 0 Å². The predicted octanol–water partition coefficient (Wildman–Crippen LogP) is 2.15. The lowest BCUT2D eigenvalue weighted by atomic mass is 9.95. The number of likely N-dealkylation sites (tertiary alicyclic amines) is 1. The Morgan fingerprint density at radius 2 is 1.93 bits per heavy atom. The Kier molecular flexibility index (Phi) is 5.61. The molecule has 0 aromatic heterocycles. The molecule has 3 heterocycles. The maximum absolute atomic E-state index is 12.5. The minimum Gasteiger partial charge on any atom is -0.454 e. The largest absolute Gasteiger partial charge is 0.454 e. The van der Waals surface area contributed by atoms with Crippen molar-refractivity contribution in [2.75, 3.05) is 44.0 Å². The zero-order valence-electron chi connectivity index (χ0n) is 15.5. The van der Waals surface area contributed by atoms with E-state index in [9.17, 15) is 14.4 Å². The first-order chi connectivity index (χ1) is 13.6. The topological polar surface area (TPSA) is 88.2 Å². The van der Waals surface area contributed by atoms with Crippen LogP contribution in [0.4, 0.5) is 10.5 Å². The maximum atomic E-state index is 12.5. The van der Waals surface area contributed by atoms with Crippen molar-refractivity contribution < 1.29 is 23.9 Å². The van der Waals surface area contributed by atoms with Crippen LogP contribution in [0.5, 0.6) is 11.5 Å². The van der Waals surface area contributed by atoms with Crippen molar-refractivity contribution in [2.24, 2.45) is 5.92 Å². The van der Waals surface area contributed by atoms with E-state index in [1.54, 1.807) is 28.0 Å². The van der Waals surface area contributed by atoms with Gasteiger partial charge < -0.3 is 24.6 Å². The molecule has 0 bridgehead atoms. The van der Waals surface area contributed by atoms with Crippen molar-refractivity contribution in [1.29, 1.82) is 0 Å². The number of fused-ring (bicyclic) bond motifs is 1. The molecule has 3 aliphatic rings. The molecule has 28 heavy (non-hydrogen) atoms. The SMILES string of the molecule is O=C(Nc1ccc2c(c1)OCO2)C1CCN(C(=O)CCN2CCSC2=O)CC1. The van der Waals surface area contributed by atoms with Crippen LogP contribution in [0.3, 0.4) is 0 Å². The number of anilines is 1. The first kappa shape index (κ1) is 18.9. The van der Waals surface area contributed by atoms with Gasteiger partial charge in [0.05, 0.1) is 0 Å². The molecule has 0 atom stereocenters. The van der Waals surface area contributed by atoms with Gasteiger partial charge in [-0.15, -0.1) is 0 Å². The second-order valence-corrected chi connectivity index (χ2v) is 8.11. The van der Waals surface area contributed by atoms with Gasteiger partial charge in [-0.2, -0.15) is 0 Å². The van der Waals surface area contributed by atoms with Gasteiger partial charge in [0, 0.05) is 56.0 Å². The second kappa shape index (κ2) is 8.30. The molecule has 3 amide bonds. The smallest absolute Gasteiger partial charge is 0.281 e. The van der Waals surface area contributed by atoms with Crippen molar-refractivity contribution in [3.8, 4) is 11.5 Å². The van der Waals surface area contributed by atoms with Crippen molar-refractivity contribution in [3.05, 3.63) is 18.2 Å². The molecule has 1 N–H and O–H groups in total. The highest BCUT2D eigenvalue weighted by molar-refractivity contribution is 8.13. The molecule has 0 radical (unpaired) electrons. The van der Waals surface area contributed by atoms with Gasteiger partial charge >= 0.3 is 0 Å². The van der Waals surface area contributed by atoms with E-state index in [-0.39, 0.29) is 29.8 Å². The molecular weight excluding hydrogens is 382 g/mol. The first-order valence-electron chi connectivity index (χ1n) is 9.50. The summed E-state index contributed by atoms with van der Waals surface area (Å²) >= 11 is 1.31. The maximum Gasteiger partial charge on any atom is 0.281 e. The lowest BCUT2D eigenvalue weighted by molar-refractivity contribution is -0.134. The quantitative estimate of drug-likeness (QED) is 0.808. The highest BCUT2D eigenvalue weighted by Gasteiger charge is 2.28. The molecule has 8 nitrogen and oxygen atoms in total. The van der Waals surface area contributed by atoms with Gasteiger partial charge in [-0.25, -0.2) is 0 Å². The molecule has 0 unspecified atom stereocenters. The summed E-state index contributed by atoms with van der Waals surface area (Å²) in [6.45, 7) is 2.54. The number of thioether (sulfide) groups is 1. The van der Waals surface area contributed by atoms with E-state index in [0.717, 1.165) is 12.3 Å². The lowest BCUT2D eigenvalue weighted by Crippen LogP contribution is -2.42. The van der Waals surface area contributed by atoms with Crippen molar-refractivity contribution >= 4 is 34.5 Å². The Hall–Kier alpha value is -2.42. The van der Waals surface area contributed by atoms with Crippen LogP contribution >= 0.6 is 11.8 Å².